The summed E-state index contributed by atoms with van der Waals surface area (Å²) >= 11 is 1.83. The van der Waals surface area contributed by atoms with Crippen molar-refractivity contribution in [2.24, 2.45) is 0 Å². The Kier molecular flexibility index (Phi) is 5.06. The van der Waals surface area contributed by atoms with Crippen molar-refractivity contribution < 1.29 is 8.83 Å². The monoisotopic (exact) mass is 657 g/mol. The molecule has 6 heteroatoms. The molecule has 5 aromatic heterocycles. The van der Waals surface area contributed by atoms with E-state index in [0.29, 0.717) is 11.7 Å². The SMILES string of the molecule is c1ccc2c(c1)oc1c(-c3nc(-n4c5ccccc5c5c6ccccc6c6c7ccccc7sc6c54)nc4oc5ccccc5c34)cccc12. The second kappa shape index (κ2) is 9.56. The number of furan rings is 2. The minimum absolute atomic E-state index is 0.540. The summed E-state index contributed by atoms with van der Waals surface area (Å²) in [4.78, 5) is 10.8. The number of nitrogens with zero attached hydrogens (tertiary/aromatic N) is 3. The van der Waals surface area contributed by atoms with Gasteiger partial charge in [-0.1, -0.05) is 109 Å². The van der Waals surface area contributed by atoms with Crippen molar-refractivity contribution in [2.75, 3.05) is 0 Å². The lowest BCUT2D eigenvalue weighted by molar-refractivity contribution is 0.651. The lowest BCUT2D eigenvalue weighted by Crippen LogP contribution is -2.03. The van der Waals surface area contributed by atoms with Crippen molar-refractivity contribution in [1.82, 2.24) is 14.5 Å². The van der Waals surface area contributed by atoms with E-state index >= 15 is 0 Å². The molecule has 0 aliphatic rings. The molecule has 0 unspecified atom stereocenters. The molecular formula is C44H23N3O2S. The van der Waals surface area contributed by atoms with Crippen molar-refractivity contribution in [1.29, 1.82) is 0 Å². The minimum Gasteiger partial charge on any atom is -0.455 e. The molecule has 0 saturated carbocycles. The topological polar surface area (TPSA) is 57.0 Å². The summed E-state index contributed by atoms with van der Waals surface area (Å²) in [5.74, 6) is 0.555. The van der Waals surface area contributed by atoms with E-state index in [1.54, 1.807) is 0 Å². The molecule has 0 saturated heterocycles. The molecule has 5 heterocycles. The number of rotatable bonds is 2. The number of thiophene rings is 1. The Morgan fingerprint density at radius 1 is 0.480 bits per heavy atom. The molecule has 0 bridgehead atoms. The lowest BCUT2D eigenvalue weighted by Gasteiger charge is -2.11. The molecule has 0 aliphatic carbocycles. The predicted molar refractivity (Wildman–Crippen MR) is 207 cm³/mol. The second-order valence-electron chi connectivity index (χ2n) is 12.9. The van der Waals surface area contributed by atoms with Gasteiger partial charge in [0.1, 0.15) is 16.7 Å². The van der Waals surface area contributed by atoms with Crippen molar-refractivity contribution in [3.05, 3.63) is 140 Å². The summed E-state index contributed by atoms with van der Waals surface area (Å²) < 4.78 is 17.9. The second-order valence-corrected chi connectivity index (χ2v) is 13.9. The van der Waals surface area contributed by atoms with Gasteiger partial charge in [0, 0.05) is 48.0 Å². The molecule has 0 aliphatic heterocycles. The van der Waals surface area contributed by atoms with Crippen LogP contribution in [-0.4, -0.2) is 14.5 Å². The normalized spacial score (nSPS) is 12.4. The number of aromatic nitrogens is 3. The first-order chi connectivity index (χ1) is 24.8. The van der Waals surface area contributed by atoms with Gasteiger partial charge in [-0.25, -0.2) is 4.98 Å². The molecule has 0 radical (unpaired) electrons. The summed E-state index contributed by atoms with van der Waals surface area (Å²) in [6.07, 6.45) is 0. The van der Waals surface area contributed by atoms with Crippen LogP contribution in [0.2, 0.25) is 0 Å². The average Bonchev–Trinajstić information content (AvgIpc) is 3.93. The minimum atomic E-state index is 0.540. The molecule has 50 heavy (non-hydrogen) atoms. The van der Waals surface area contributed by atoms with E-state index < -0.39 is 0 Å². The maximum Gasteiger partial charge on any atom is 0.238 e. The molecule has 0 N–H and O–H groups in total. The summed E-state index contributed by atoms with van der Waals surface area (Å²) in [7, 11) is 0. The highest BCUT2D eigenvalue weighted by molar-refractivity contribution is 7.27. The molecule has 12 rings (SSSR count). The first-order valence-electron chi connectivity index (χ1n) is 16.7. The van der Waals surface area contributed by atoms with E-state index in [4.69, 9.17) is 18.8 Å². The predicted octanol–water partition coefficient (Wildman–Crippen LogP) is 12.6. The number of para-hydroxylation sites is 4. The molecule has 0 atom stereocenters. The number of hydrogen-bond donors (Lipinski definition) is 0. The van der Waals surface area contributed by atoms with E-state index in [9.17, 15) is 0 Å². The quantitative estimate of drug-likeness (QED) is 0.186. The van der Waals surface area contributed by atoms with Gasteiger partial charge in [0.15, 0.2) is 0 Å². The zero-order valence-electron chi connectivity index (χ0n) is 26.3. The molecule has 7 aromatic carbocycles. The zero-order valence-corrected chi connectivity index (χ0v) is 27.2. The Hall–Kier alpha value is -6.50. The van der Waals surface area contributed by atoms with Gasteiger partial charge in [0.25, 0.3) is 0 Å². The van der Waals surface area contributed by atoms with Crippen LogP contribution in [0.3, 0.4) is 0 Å². The molecule has 12 aromatic rings. The van der Waals surface area contributed by atoms with Crippen LogP contribution in [0.1, 0.15) is 0 Å². The molecule has 0 fully saturated rings. The van der Waals surface area contributed by atoms with E-state index in [0.717, 1.165) is 66.0 Å². The fourth-order valence-electron chi connectivity index (χ4n) is 8.17. The number of benzene rings is 7. The van der Waals surface area contributed by atoms with Crippen molar-refractivity contribution in [3.63, 3.8) is 0 Å². The van der Waals surface area contributed by atoms with Gasteiger partial charge in [-0.15, -0.1) is 11.3 Å². The van der Waals surface area contributed by atoms with Gasteiger partial charge in [0.05, 0.1) is 26.8 Å². The smallest absolute Gasteiger partial charge is 0.238 e. The Bertz CT molecular complexity index is 3400. The molecule has 5 nitrogen and oxygen atoms in total. The Balaban J connectivity index is 1.30. The molecular weight excluding hydrogens is 635 g/mol. The van der Waals surface area contributed by atoms with Gasteiger partial charge in [-0.05, 0) is 41.1 Å². The van der Waals surface area contributed by atoms with E-state index in [1.165, 1.54) is 36.3 Å². The number of hydrogen-bond acceptors (Lipinski definition) is 5. The van der Waals surface area contributed by atoms with E-state index in [-0.39, 0.29) is 0 Å². The molecule has 0 amide bonds. The van der Waals surface area contributed by atoms with Crippen molar-refractivity contribution in [2.45, 2.75) is 0 Å². The maximum absolute atomic E-state index is 6.59. The highest BCUT2D eigenvalue weighted by Crippen LogP contribution is 2.48. The van der Waals surface area contributed by atoms with Crippen LogP contribution in [0.5, 0.6) is 0 Å². The summed E-state index contributed by atoms with van der Waals surface area (Å²) in [6.45, 7) is 0. The Labute approximate surface area is 287 Å². The highest BCUT2D eigenvalue weighted by Gasteiger charge is 2.26. The third kappa shape index (κ3) is 3.35. The van der Waals surface area contributed by atoms with Gasteiger partial charge >= 0.3 is 0 Å². The van der Waals surface area contributed by atoms with Gasteiger partial charge < -0.3 is 8.83 Å². The lowest BCUT2D eigenvalue weighted by atomic mass is 9.99. The fourth-order valence-corrected chi connectivity index (χ4v) is 9.43. The van der Waals surface area contributed by atoms with Gasteiger partial charge in [-0.2, -0.15) is 4.98 Å². The van der Waals surface area contributed by atoms with Crippen LogP contribution >= 0.6 is 11.3 Å². The van der Waals surface area contributed by atoms with Crippen LogP contribution in [0.4, 0.5) is 0 Å². The Morgan fingerprint density at radius 2 is 1.12 bits per heavy atom. The van der Waals surface area contributed by atoms with Crippen LogP contribution in [0.25, 0.3) is 114 Å². The summed E-state index contributed by atoms with van der Waals surface area (Å²) in [5.41, 5.74) is 6.77. The van der Waals surface area contributed by atoms with Crippen LogP contribution in [0.15, 0.2) is 148 Å². The van der Waals surface area contributed by atoms with Crippen molar-refractivity contribution >= 4 is 108 Å². The largest absolute Gasteiger partial charge is 0.455 e. The number of fused-ring (bicyclic) bond motifs is 16. The van der Waals surface area contributed by atoms with Gasteiger partial charge in [0.2, 0.25) is 11.7 Å². The summed E-state index contributed by atoms with van der Waals surface area (Å²) in [6, 6.07) is 48.7. The van der Waals surface area contributed by atoms with E-state index in [2.05, 4.69) is 114 Å². The van der Waals surface area contributed by atoms with Gasteiger partial charge in [-0.3, -0.25) is 4.57 Å². The zero-order chi connectivity index (χ0) is 32.5. The first-order valence-corrected chi connectivity index (χ1v) is 17.5. The highest BCUT2D eigenvalue weighted by atomic mass is 32.1. The average molecular weight is 658 g/mol. The third-order valence-electron chi connectivity index (χ3n) is 10.2. The van der Waals surface area contributed by atoms with Crippen molar-refractivity contribution in [3.8, 4) is 17.2 Å². The molecule has 232 valence electrons. The maximum atomic E-state index is 6.59. The summed E-state index contributed by atoms with van der Waals surface area (Å²) in [5, 5.41) is 11.3. The standard InChI is InChI=1S/C44H23N3O2S/c1-2-14-26-25(13-1)36-28-15-3-7-20-32(28)47(40(36)42-37(26)30-17-6-10-23-35(30)50-42)44-45-39(38-29-16-5-9-22-34(29)49-43(38)46-44)31-19-11-18-27-24-12-4-8-21-33(24)48-41(27)31/h1-23H. The fraction of sp³-hybridized carbons (Fsp3) is 0. The Morgan fingerprint density at radius 3 is 1.96 bits per heavy atom. The van der Waals surface area contributed by atoms with Crippen LogP contribution in [0, 0.1) is 0 Å². The first kappa shape index (κ1) is 26.5. The van der Waals surface area contributed by atoms with E-state index in [1.807, 2.05) is 41.7 Å². The van der Waals surface area contributed by atoms with Crippen LogP contribution in [-0.2, 0) is 0 Å². The third-order valence-corrected chi connectivity index (χ3v) is 11.4. The molecule has 0 spiro atoms. The van der Waals surface area contributed by atoms with Crippen LogP contribution < -0.4 is 0 Å².